The van der Waals surface area contributed by atoms with Crippen LogP contribution < -0.4 is 10.1 Å². The van der Waals surface area contributed by atoms with Crippen LogP contribution in [0, 0.1) is 0 Å². The molecule has 0 aliphatic carbocycles. The van der Waals surface area contributed by atoms with Gasteiger partial charge in [0.05, 0.1) is 21.1 Å². The van der Waals surface area contributed by atoms with Crippen molar-refractivity contribution in [3.8, 4) is 5.75 Å². The summed E-state index contributed by atoms with van der Waals surface area (Å²) < 4.78 is 10.8. The molecule has 1 aromatic carbocycles. The molecule has 10 heteroatoms. The van der Waals surface area contributed by atoms with Gasteiger partial charge in [-0.05, 0) is 13.1 Å². The van der Waals surface area contributed by atoms with Crippen LogP contribution in [0.3, 0.4) is 0 Å². The minimum absolute atomic E-state index is 0. The molecule has 1 saturated heterocycles. The van der Waals surface area contributed by atoms with Crippen LogP contribution in [0.15, 0.2) is 16.7 Å². The molecular formula is C14H16Cl4N4O2. The molecule has 1 unspecified atom stereocenters. The Balaban J connectivity index is 0.00000208. The largest absolute Gasteiger partial charge is 0.482 e. The van der Waals surface area contributed by atoms with Gasteiger partial charge in [-0.15, -0.1) is 12.4 Å². The molecule has 0 saturated carbocycles. The zero-order valence-corrected chi connectivity index (χ0v) is 15.8. The molecule has 24 heavy (non-hydrogen) atoms. The van der Waals surface area contributed by atoms with Crippen LogP contribution in [0.2, 0.25) is 15.1 Å². The van der Waals surface area contributed by atoms with Crippen molar-refractivity contribution in [2.75, 3.05) is 26.7 Å². The number of aromatic nitrogens is 2. The van der Waals surface area contributed by atoms with E-state index in [4.69, 9.17) is 44.1 Å². The quantitative estimate of drug-likeness (QED) is 0.772. The van der Waals surface area contributed by atoms with E-state index in [1.165, 1.54) is 6.07 Å². The monoisotopic (exact) mass is 412 g/mol. The molecule has 1 fully saturated rings. The molecule has 3 rings (SSSR count). The minimum Gasteiger partial charge on any atom is -0.482 e. The summed E-state index contributed by atoms with van der Waals surface area (Å²) in [4.78, 5) is 6.56. The first kappa shape index (κ1) is 19.6. The van der Waals surface area contributed by atoms with E-state index in [-0.39, 0.29) is 25.1 Å². The van der Waals surface area contributed by atoms with Crippen LogP contribution in [-0.4, -0.2) is 41.7 Å². The molecule has 2 aromatic rings. The summed E-state index contributed by atoms with van der Waals surface area (Å²) in [6, 6.07) is 3.18. The number of likely N-dealkylation sites (N-methyl/N-ethyl adjacent to an activating group) is 1. The molecule has 0 amide bonds. The summed E-state index contributed by atoms with van der Waals surface area (Å²) in [6.45, 7) is 2.78. The lowest BCUT2D eigenvalue weighted by atomic mass is 10.2. The number of nitrogens with one attached hydrogen (secondary N) is 1. The molecule has 1 aromatic heterocycles. The summed E-state index contributed by atoms with van der Waals surface area (Å²) in [6.07, 6.45) is 0. The van der Waals surface area contributed by atoms with Gasteiger partial charge >= 0.3 is 0 Å². The minimum atomic E-state index is 0. The lowest BCUT2D eigenvalue weighted by Crippen LogP contribution is -2.44. The summed E-state index contributed by atoms with van der Waals surface area (Å²) >= 11 is 17.9. The van der Waals surface area contributed by atoms with E-state index in [0.717, 1.165) is 19.6 Å². The fraction of sp³-hybridized carbons (Fsp3) is 0.429. The topological polar surface area (TPSA) is 63.4 Å². The smallest absolute Gasteiger partial charge is 0.264 e. The number of halogens is 4. The molecule has 132 valence electrons. The number of hydrogen-bond donors (Lipinski definition) is 1. The third kappa shape index (κ3) is 4.45. The Labute approximate surface area is 160 Å². The predicted octanol–water partition coefficient (Wildman–Crippen LogP) is 3.61. The summed E-state index contributed by atoms with van der Waals surface area (Å²) in [7, 11) is 2.04. The Morgan fingerprint density at radius 1 is 1.29 bits per heavy atom. The zero-order chi connectivity index (χ0) is 16.4. The highest BCUT2D eigenvalue weighted by molar-refractivity contribution is 6.43. The SMILES string of the molecule is CN1CCNCC1c1noc(COc2cc(Cl)c(Cl)cc2Cl)n1.Cl. The molecule has 6 nitrogen and oxygen atoms in total. The first-order chi connectivity index (χ1) is 11.0. The van der Waals surface area contributed by atoms with Crippen LogP contribution in [0.4, 0.5) is 0 Å². The van der Waals surface area contributed by atoms with Crippen molar-refractivity contribution in [2.24, 2.45) is 0 Å². The fourth-order valence-corrected chi connectivity index (χ4v) is 2.90. The van der Waals surface area contributed by atoms with Crippen molar-refractivity contribution in [1.82, 2.24) is 20.4 Å². The van der Waals surface area contributed by atoms with Gasteiger partial charge in [0.25, 0.3) is 5.89 Å². The van der Waals surface area contributed by atoms with Gasteiger partial charge in [-0.25, -0.2) is 0 Å². The van der Waals surface area contributed by atoms with Crippen LogP contribution in [0.1, 0.15) is 17.8 Å². The fourth-order valence-electron chi connectivity index (χ4n) is 2.31. The molecule has 0 spiro atoms. The van der Waals surface area contributed by atoms with Crippen molar-refractivity contribution >= 4 is 47.2 Å². The Hall–Kier alpha value is -0.760. The molecule has 1 aliphatic rings. The first-order valence-corrected chi connectivity index (χ1v) is 8.19. The van der Waals surface area contributed by atoms with Gasteiger partial charge in [0.2, 0.25) is 0 Å². The van der Waals surface area contributed by atoms with Crippen LogP contribution >= 0.6 is 47.2 Å². The normalized spacial score (nSPS) is 18.2. The molecule has 1 aliphatic heterocycles. The van der Waals surface area contributed by atoms with E-state index in [9.17, 15) is 0 Å². The van der Waals surface area contributed by atoms with Gasteiger partial charge in [-0.3, -0.25) is 4.90 Å². The zero-order valence-electron chi connectivity index (χ0n) is 12.8. The Kier molecular flexibility index (Phi) is 6.98. The van der Waals surface area contributed by atoms with E-state index in [1.807, 2.05) is 7.05 Å². The summed E-state index contributed by atoms with van der Waals surface area (Å²) in [5, 5.41) is 8.45. The van der Waals surface area contributed by atoms with Gasteiger partial charge in [0.15, 0.2) is 12.4 Å². The molecule has 0 bridgehead atoms. The maximum absolute atomic E-state index is 6.06. The number of rotatable bonds is 4. The second-order valence-corrected chi connectivity index (χ2v) is 6.45. The van der Waals surface area contributed by atoms with Crippen LogP contribution in [-0.2, 0) is 6.61 Å². The van der Waals surface area contributed by atoms with Crippen molar-refractivity contribution in [3.63, 3.8) is 0 Å². The van der Waals surface area contributed by atoms with Crippen LogP contribution in [0.5, 0.6) is 5.75 Å². The Morgan fingerprint density at radius 3 is 2.79 bits per heavy atom. The highest BCUT2D eigenvalue weighted by Gasteiger charge is 2.25. The Morgan fingerprint density at radius 2 is 2.04 bits per heavy atom. The summed E-state index contributed by atoms with van der Waals surface area (Å²) in [5.74, 6) is 1.43. The number of benzene rings is 1. The molecular weight excluding hydrogens is 398 g/mol. The van der Waals surface area contributed by atoms with Gasteiger partial charge in [0.1, 0.15) is 5.75 Å². The highest BCUT2D eigenvalue weighted by Crippen LogP contribution is 2.34. The Bertz CT molecular complexity index is 697. The lowest BCUT2D eigenvalue weighted by Gasteiger charge is -2.30. The third-order valence-corrected chi connectivity index (χ3v) is 4.64. The molecule has 1 atom stereocenters. The van der Waals surface area contributed by atoms with Gasteiger partial charge in [-0.2, -0.15) is 4.98 Å². The third-order valence-electron chi connectivity index (χ3n) is 3.62. The van der Waals surface area contributed by atoms with E-state index in [2.05, 4.69) is 20.4 Å². The average molecular weight is 414 g/mol. The molecule has 2 heterocycles. The lowest BCUT2D eigenvalue weighted by molar-refractivity contribution is 0.189. The number of nitrogens with zero attached hydrogens (tertiary/aromatic N) is 3. The van der Waals surface area contributed by atoms with E-state index in [1.54, 1.807) is 6.07 Å². The van der Waals surface area contributed by atoms with Crippen LogP contribution in [0.25, 0.3) is 0 Å². The van der Waals surface area contributed by atoms with E-state index in [0.29, 0.717) is 32.5 Å². The predicted molar refractivity (Wildman–Crippen MR) is 95.6 cm³/mol. The average Bonchev–Trinajstić information content (AvgIpc) is 2.99. The summed E-state index contributed by atoms with van der Waals surface area (Å²) in [5.41, 5.74) is 0. The first-order valence-electron chi connectivity index (χ1n) is 7.05. The second-order valence-electron chi connectivity index (χ2n) is 5.23. The van der Waals surface area contributed by atoms with Crippen molar-refractivity contribution in [1.29, 1.82) is 0 Å². The standard InChI is InChI=1S/C14H15Cl3N4O2.ClH/c1-21-3-2-18-6-11(21)14-19-13(23-20-14)7-22-12-5-9(16)8(15)4-10(12)17;/h4-5,11,18H,2-3,6-7H2,1H3;1H. The highest BCUT2D eigenvalue weighted by atomic mass is 35.5. The maximum atomic E-state index is 6.06. The number of piperazine rings is 1. The number of hydrogen-bond acceptors (Lipinski definition) is 6. The molecule has 0 radical (unpaired) electrons. The number of ether oxygens (including phenoxy) is 1. The van der Waals surface area contributed by atoms with Crippen molar-refractivity contribution in [2.45, 2.75) is 12.6 Å². The van der Waals surface area contributed by atoms with E-state index < -0.39 is 0 Å². The second kappa shape index (κ2) is 8.56. The maximum Gasteiger partial charge on any atom is 0.264 e. The van der Waals surface area contributed by atoms with Gasteiger partial charge < -0.3 is 14.6 Å². The molecule has 1 N–H and O–H groups in total. The van der Waals surface area contributed by atoms with Crippen molar-refractivity contribution < 1.29 is 9.26 Å². The van der Waals surface area contributed by atoms with Gasteiger partial charge in [-0.1, -0.05) is 40.0 Å². The van der Waals surface area contributed by atoms with Gasteiger partial charge in [0, 0.05) is 25.7 Å². The van der Waals surface area contributed by atoms with Crippen molar-refractivity contribution in [3.05, 3.63) is 38.9 Å². The van der Waals surface area contributed by atoms with E-state index >= 15 is 0 Å².